The monoisotopic (exact) mass is 614 g/mol. The summed E-state index contributed by atoms with van der Waals surface area (Å²) in [6, 6.07) is 0. The number of aliphatic hydroxyl groups is 2. The fourth-order valence-corrected chi connectivity index (χ4v) is 4.49. The van der Waals surface area contributed by atoms with Gasteiger partial charge in [-0.15, -0.1) is 0 Å². The van der Waals surface area contributed by atoms with Gasteiger partial charge in [-0.3, -0.25) is 0 Å². The van der Waals surface area contributed by atoms with Crippen molar-refractivity contribution in [1.29, 1.82) is 0 Å². The fourth-order valence-electron chi connectivity index (χ4n) is 2.05. The molecule has 1 aliphatic rings. The van der Waals surface area contributed by atoms with Crippen LogP contribution in [0, 0.1) is 0 Å². The second-order valence-electron chi connectivity index (χ2n) is 5.64. The van der Waals surface area contributed by atoms with Crippen LogP contribution < -0.4 is 0 Å². The van der Waals surface area contributed by atoms with Crippen molar-refractivity contribution >= 4 is 90.4 Å². The summed E-state index contributed by atoms with van der Waals surface area (Å²) >= 11 is 32.4. The molecule has 1 rings (SSSR count). The van der Waals surface area contributed by atoms with Crippen LogP contribution in [0.15, 0.2) is 0 Å². The first-order valence-electron chi connectivity index (χ1n) is 7.65. The molecular weight excluding hydrogens is 601 g/mol. The van der Waals surface area contributed by atoms with Crippen LogP contribution in [0.25, 0.3) is 0 Å². The molecule has 5 atom stereocenters. The summed E-state index contributed by atoms with van der Waals surface area (Å²) < 4.78 is 72.2. The zero-order valence-electron chi connectivity index (χ0n) is 15.1. The molecule has 0 spiro atoms. The molecule has 20 heteroatoms. The number of ether oxygens (including phenoxy) is 2. The fraction of sp³-hybridized carbons (Fsp3) is 1.00. The number of methoxy groups -OCH3 is 1. The third-order valence-electron chi connectivity index (χ3n) is 3.22. The van der Waals surface area contributed by atoms with Gasteiger partial charge < -0.3 is 19.7 Å². The minimum atomic E-state index is -5.02. The highest BCUT2D eigenvalue weighted by molar-refractivity contribution is 7.82. The number of aliphatic hydroxyl groups excluding tert-OH is 2. The quantitative estimate of drug-likeness (QED) is 0.331. The standard InChI is InChI=1S/C11H16Cl6O12S2/c1-24-9-8(29-31(22,23)26-4-11(15,16)17)7(6(19)5(2-18)27-9)28-30(20,21)25-3-10(12,13)14/h5-9,18-19H,2-4H2,1H3/t5-,6+,7+,8-,9+/m1/s1. The van der Waals surface area contributed by atoms with Crippen molar-refractivity contribution in [1.82, 2.24) is 0 Å². The van der Waals surface area contributed by atoms with Crippen LogP contribution in [0.3, 0.4) is 0 Å². The average Bonchev–Trinajstić information content (AvgIpc) is 2.61. The van der Waals surface area contributed by atoms with Crippen molar-refractivity contribution in [3.63, 3.8) is 0 Å². The topological polar surface area (TPSA) is 164 Å². The van der Waals surface area contributed by atoms with Crippen LogP contribution in [0.4, 0.5) is 0 Å². The highest BCUT2D eigenvalue weighted by Crippen LogP contribution is 2.32. The molecule has 0 amide bonds. The van der Waals surface area contributed by atoms with Gasteiger partial charge in [0.15, 0.2) is 12.4 Å². The van der Waals surface area contributed by atoms with Crippen molar-refractivity contribution in [2.75, 3.05) is 26.9 Å². The summed E-state index contributed by atoms with van der Waals surface area (Å²) in [5.74, 6) is 0. The van der Waals surface area contributed by atoms with Gasteiger partial charge in [0.05, 0.1) is 6.61 Å². The number of hydrogen-bond acceptors (Lipinski definition) is 12. The Balaban J connectivity index is 3.16. The predicted octanol–water partition coefficient (Wildman–Crippen LogP) is 0.745. The van der Waals surface area contributed by atoms with Gasteiger partial charge in [0.2, 0.25) is 7.59 Å². The Morgan fingerprint density at radius 2 is 1.29 bits per heavy atom. The average molecular weight is 617 g/mol. The summed E-state index contributed by atoms with van der Waals surface area (Å²) in [4.78, 5) is 0. The Morgan fingerprint density at radius 1 is 0.871 bits per heavy atom. The van der Waals surface area contributed by atoms with Crippen LogP contribution in [-0.4, -0.2) is 92.3 Å². The largest absolute Gasteiger partial charge is 0.400 e. The molecule has 0 aromatic rings. The molecule has 1 aliphatic heterocycles. The number of alkyl halides is 6. The maximum atomic E-state index is 12.1. The number of rotatable bonds is 10. The van der Waals surface area contributed by atoms with Crippen molar-refractivity contribution in [2.24, 2.45) is 0 Å². The van der Waals surface area contributed by atoms with Gasteiger partial charge in [-0.1, -0.05) is 69.6 Å². The second-order valence-corrected chi connectivity index (χ2v) is 13.2. The highest BCUT2D eigenvalue weighted by Gasteiger charge is 2.51. The minimum absolute atomic E-state index is 0.848. The van der Waals surface area contributed by atoms with Crippen LogP contribution in [-0.2, 0) is 47.0 Å². The van der Waals surface area contributed by atoms with Crippen molar-refractivity contribution in [2.45, 2.75) is 38.3 Å². The predicted molar refractivity (Wildman–Crippen MR) is 109 cm³/mol. The van der Waals surface area contributed by atoms with E-state index >= 15 is 0 Å². The van der Waals surface area contributed by atoms with E-state index in [0.29, 0.717) is 0 Å². The van der Waals surface area contributed by atoms with Crippen molar-refractivity contribution in [3.8, 4) is 0 Å². The van der Waals surface area contributed by atoms with Gasteiger partial charge in [-0.05, 0) is 0 Å². The van der Waals surface area contributed by atoms with Gasteiger partial charge in [-0.2, -0.15) is 16.8 Å². The maximum Gasteiger partial charge on any atom is 0.400 e. The van der Waals surface area contributed by atoms with E-state index in [1.54, 1.807) is 0 Å². The van der Waals surface area contributed by atoms with E-state index in [9.17, 15) is 27.0 Å². The first-order chi connectivity index (χ1) is 13.9. The van der Waals surface area contributed by atoms with Gasteiger partial charge >= 0.3 is 20.8 Å². The molecule has 1 fully saturated rings. The molecule has 0 aromatic carbocycles. The van der Waals surface area contributed by atoms with Crippen LogP contribution in [0.5, 0.6) is 0 Å². The van der Waals surface area contributed by atoms with E-state index in [-0.39, 0.29) is 0 Å². The lowest BCUT2D eigenvalue weighted by molar-refractivity contribution is -0.284. The number of hydrogen-bond donors (Lipinski definition) is 2. The zero-order chi connectivity index (χ0) is 24.3. The third kappa shape index (κ3) is 11.1. The lowest BCUT2D eigenvalue weighted by Crippen LogP contribution is -2.61. The van der Waals surface area contributed by atoms with E-state index in [0.717, 1.165) is 7.11 Å². The summed E-state index contributed by atoms with van der Waals surface area (Å²) in [7, 11) is -8.99. The molecule has 0 radical (unpaired) electrons. The Hall–Kier alpha value is 1.32. The van der Waals surface area contributed by atoms with Crippen molar-refractivity contribution in [3.05, 3.63) is 0 Å². The van der Waals surface area contributed by atoms with E-state index < -0.39 is 78.9 Å². The van der Waals surface area contributed by atoms with Gasteiger partial charge in [0.25, 0.3) is 0 Å². The number of halogens is 6. The Bertz CT molecular complexity index is 782. The molecule has 0 aromatic heterocycles. The zero-order valence-corrected chi connectivity index (χ0v) is 21.2. The first-order valence-corrected chi connectivity index (χ1v) is 12.6. The molecule has 0 bridgehead atoms. The van der Waals surface area contributed by atoms with Crippen LogP contribution in [0.2, 0.25) is 0 Å². The SMILES string of the molecule is CO[C@H]1O[C@H](CO)[C@H](O)[C@H](OS(=O)(=O)OCC(Cl)(Cl)Cl)[C@H]1OS(=O)(=O)OCC(Cl)(Cl)Cl. The highest BCUT2D eigenvalue weighted by atomic mass is 35.6. The van der Waals surface area contributed by atoms with E-state index in [4.69, 9.17) is 83.3 Å². The van der Waals surface area contributed by atoms with Gasteiger partial charge in [0.1, 0.15) is 31.5 Å². The summed E-state index contributed by atoms with van der Waals surface area (Å²) in [5, 5.41) is 19.7. The normalized spacial score (nSPS) is 28.6. The molecule has 1 saturated heterocycles. The minimum Gasteiger partial charge on any atom is -0.394 e. The van der Waals surface area contributed by atoms with Crippen LogP contribution in [0.1, 0.15) is 0 Å². The van der Waals surface area contributed by atoms with E-state index in [1.807, 2.05) is 0 Å². The van der Waals surface area contributed by atoms with Gasteiger partial charge in [-0.25, -0.2) is 16.7 Å². The summed E-state index contributed by atoms with van der Waals surface area (Å²) in [6.45, 7) is -2.82. The molecule has 31 heavy (non-hydrogen) atoms. The molecular formula is C11H16Cl6O12S2. The molecule has 12 nitrogen and oxygen atoms in total. The third-order valence-corrected chi connectivity index (χ3v) is 5.61. The molecule has 0 aliphatic carbocycles. The first kappa shape index (κ1) is 30.4. The smallest absolute Gasteiger partial charge is 0.394 e. The molecule has 186 valence electrons. The van der Waals surface area contributed by atoms with E-state index in [2.05, 4.69) is 12.5 Å². The summed E-state index contributed by atoms with van der Waals surface area (Å²) in [5.41, 5.74) is 0. The Morgan fingerprint density at radius 3 is 1.65 bits per heavy atom. The lowest BCUT2D eigenvalue weighted by Gasteiger charge is -2.41. The summed E-state index contributed by atoms with van der Waals surface area (Å²) in [6.07, 6.45) is -9.25. The lowest BCUT2D eigenvalue weighted by atomic mass is 9.99. The Labute approximate surface area is 208 Å². The van der Waals surface area contributed by atoms with Crippen molar-refractivity contribution < 1.29 is 53.3 Å². The molecule has 2 N–H and O–H groups in total. The Kier molecular flexibility index (Phi) is 11.6. The molecule has 0 unspecified atom stereocenters. The molecule has 0 saturated carbocycles. The van der Waals surface area contributed by atoms with Crippen LogP contribution >= 0.6 is 69.6 Å². The van der Waals surface area contributed by atoms with Gasteiger partial charge in [0, 0.05) is 7.11 Å². The van der Waals surface area contributed by atoms with E-state index in [1.165, 1.54) is 0 Å². The second kappa shape index (κ2) is 11.8. The molecule has 1 heterocycles. The maximum absolute atomic E-state index is 12.1.